The molecule has 0 aliphatic carbocycles. The molecule has 0 heterocycles. The summed E-state index contributed by atoms with van der Waals surface area (Å²) in [6, 6.07) is 4.80. The molecule has 0 fully saturated rings. The average Bonchev–Trinajstić information content (AvgIpc) is 2.87. The Labute approximate surface area is 242 Å². The SMILES string of the molecule is N[C@@H](CCC(=O)N[C@@H](CSc1cc(Nc2c(Cl)cccc2Cl)c(CC(=O)O)cc1O)C(=O)NCC(=O)O)C(=O)O. The second-order valence-corrected chi connectivity index (χ2v) is 10.2. The van der Waals surface area contributed by atoms with Crippen LogP contribution in [0, 0.1) is 0 Å². The Bertz CT molecular complexity index is 1270. The second-order valence-electron chi connectivity index (χ2n) is 8.30. The Morgan fingerprint density at radius 2 is 1.65 bits per heavy atom. The van der Waals surface area contributed by atoms with Crippen molar-refractivity contribution in [2.24, 2.45) is 5.73 Å². The van der Waals surface area contributed by atoms with Crippen molar-refractivity contribution in [3.8, 4) is 5.75 Å². The molecule has 40 heavy (non-hydrogen) atoms. The molecular weight excluding hydrogens is 591 g/mol. The van der Waals surface area contributed by atoms with E-state index in [0.717, 1.165) is 11.8 Å². The number of benzene rings is 2. The number of para-hydroxylation sites is 1. The fourth-order valence-electron chi connectivity index (χ4n) is 3.22. The van der Waals surface area contributed by atoms with E-state index in [1.54, 1.807) is 18.2 Å². The van der Waals surface area contributed by atoms with E-state index in [0.29, 0.717) is 0 Å². The molecule has 2 rings (SSSR count). The van der Waals surface area contributed by atoms with Gasteiger partial charge in [-0.05, 0) is 36.2 Å². The third-order valence-corrected chi connectivity index (χ3v) is 6.99. The van der Waals surface area contributed by atoms with E-state index >= 15 is 0 Å². The number of amides is 2. The molecule has 0 spiro atoms. The summed E-state index contributed by atoms with van der Waals surface area (Å²) in [6.45, 7) is -0.721. The summed E-state index contributed by atoms with van der Waals surface area (Å²) in [7, 11) is 0. The third-order valence-electron chi connectivity index (χ3n) is 5.22. The number of phenolic OH excluding ortho intramolecular Hbond substituents is 1. The number of hydrogen-bond donors (Lipinski definition) is 8. The van der Waals surface area contributed by atoms with Crippen LogP contribution in [-0.2, 0) is 30.4 Å². The zero-order chi connectivity index (χ0) is 30.0. The number of carboxylic acids is 3. The Morgan fingerprint density at radius 3 is 2.23 bits per heavy atom. The first-order valence-electron chi connectivity index (χ1n) is 11.5. The number of phenols is 1. The van der Waals surface area contributed by atoms with E-state index in [4.69, 9.17) is 39.1 Å². The van der Waals surface area contributed by atoms with Crippen LogP contribution in [0.25, 0.3) is 0 Å². The van der Waals surface area contributed by atoms with Crippen LogP contribution in [0.3, 0.4) is 0 Å². The smallest absolute Gasteiger partial charge is 0.322 e. The number of thioether (sulfide) groups is 1. The van der Waals surface area contributed by atoms with E-state index in [2.05, 4.69) is 16.0 Å². The lowest BCUT2D eigenvalue weighted by Crippen LogP contribution is -2.49. The quantitative estimate of drug-likeness (QED) is 0.106. The lowest BCUT2D eigenvalue weighted by atomic mass is 10.1. The van der Waals surface area contributed by atoms with Gasteiger partial charge in [-0.2, -0.15) is 0 Å². The number of aromatic hydroxyl groups is 1. The van der Waals surface area contributed by atoms with Crippen LogP contribution < -0.4 is 21.7 Å². The molecule has 2 atom stereocenters. The van der Waals surface area contributed by atoms with Gasteiger partial charge in [-0.15, -0.1) is 11.8 Å². The molecule has 0 saturated heterocycles. The highest BCUT2D eigenvalue weighted by molar-refractivity contribution is 7.99. The summed E-state index contributed by atoms with van der Waals surface area (Å²) >= 11 is 13.4. The molecule has 216 valence electrons. The van der Waals surface area contributed by atoms with Crippen LogP contribution in [0.4, 0.5) is 11.4 Å². The van der Waals surface area contributed by atoms with Crippen LogP contribution in [-0.4, -0.2) is 74.5 Å². The number of rotatable bonds is 15. The summed E-state index contributed by atoms with van der Waals surface area (Å²) in [6.07, 6.45) is -0.983. The van der Waals surface area contributed by atoms with Crippen molar-refractivity contribution in [1.29, 1.82) is 0 Å². The number of carbonyl (C=O) groups is 5. The van der Waals surface area contributed by atoms with Gasteiger partial charge < -0.3 is 42.1 Å². The van der Waals surface area contributed by atoms with Gasteiger partial charge in [-0.3, -0.25) is 24.0 Å². The van der Waals surface area contributed by atoms with Gasteiger partial charge in [0.15, 0.2) is 0 Å². The number of aliphatic carboxylic acids is 3. The Balaban J connectivity index is 2.30. The molecular formula is C24H26Cl2N4O9S. The molecule has 0 bridgehead atoms. The number of nitrogens with one attached hydrogen (secondary N) is 3. The Morgan fingerprint density at radius 1 is 1.00 bits per heavy atom. The maximum atomic E-state index is 12.6. The van der Waals surface area contributed by atoms with E-state index in [1.165, 1.54) is 12.1 Å². The molecule has 2 amide bonds. The van der Waals surface area contributed by atoms with Crippen molar-refractivity contribution in [2.75, 3.05) is 17.6 Å². The average molecular weight is 617 g/mol. The summed E-state index contributed by atoms with van der Waals surface area (Å²) in [5.41, 5.74) is 6.14. The number of carbonyl (C=O) groups excluding carboxylic acids is 2. The molecule has 0 aliphatic rings. The Hall–Kier alpha value is -3.72. The maximum absolute atomic E-state index is 12.6. The van der Waals surface area contributed by atoms with Crippen LogP contribution in [0.1, 0.15) is 18.4 Å². The summed E-state index contributed by atoms with van der Waals surface area (Å²) in [5, 5.41) is 45.7. The first-order chi connectivity index (χ1) is 18.8. The number of carboxylic acid groups (broad SMARTS) is 3. The predicted molar refractivity (Wildman–Crippen MR) is 147 cm³/mol. The highest BCUT2D eigenvalue weighted by atomic mass is 35.5. The van der Waals surface area contributed by atoms with Crippen molar-refractivity contribution in [3.63, 3.8) is 0 Å². The zero-order valence-electron chi connectivity index (χ0n) is 20.6. The molecule has 13 nitrogen and oxygen atoms in total. The van der Waals surface area contributed by atoms with Crippen molar-refractivity contribution in [2.45, 2.75) is 36.2 Å². The van der Waals surface area contributed by atoms with Crippen molar-refractivity contribution >= 4 is 76.1 Å². The van der Waals surface area contributed by atoms with Gasteiger partial charge in [-0.1, -0.05) is 29.3 Å². The highest BCUT2D eigenvalue weighted by Gasteiger charge is 2.24. The van der Waals surface area contributed by atoms with E-state index in [-0.39, 0.29) is 56.2 Å². The van der Waals surface area contributed by atoms with E-state index < -0.39 is 54.8 Å². The second kappa shape index (κ2) is 15.2. The lowest BCUT2D eigenvalue weighted by Gasteiger charge is -2.20. The Kier molecular flexibility index (Phi) is 12.3. The molecule has 0 aromatic heterocycles. The minimum atomic E-state index is -1.32. The molecule has 0 radical (unpaired) electrons. The topological polar surface area (TPSA) is 228 Å². The van der Waals surface area contributed by atoms with Crippen molar-refractivity contribution < 1.29 is 44.4 Å². The number of halogens is 2. The number of hydrogen-bond acceptors (Lipinski definition) is 9. The standard InChI is InChI=1S/C24H26Cl2N4O9S/c25-12-2-1-3-13(26)22(12)30-15-8-18(17(31)6-11(15)7-20(33)34)40-10-16(23(37)28-9-21(35)36)29-19(32)5-4-14(27)24(38)39/h1-3,6,8,14,16,30-31H,4-5,7,9-10,27H2,(H,28,37)(H,29,32)(H,33,34)(H,35,36)(H,38,39)/t14-,16-/m0/s1. The largest absolute Gasteiger partial charge is 0.507 e. The first kappa shape index (κ1) is 32.5. The minimum Gasteiger partial charge on any atom is -0.507 e. The monoisotopic (exact) mass is 616 g/mol. The van der Waals surface area contributed by atoms with E-state index in [1.807, 2.05) is 0 Å². The maximum Gasteiger partial charge on any atom is 0.322 e. The summed E-state index contributed by atoms with van der Waals surface area (Å²) in [5.74, 6) is -5.85. The van der Waals surface area contributed by atoms with Crippen LogP contribution >= 0.6 is 35.0 Å². The van der Waals surface area contributed by atoms with E-state index in [9.17, 15) is 34.2 Å². The number of nitrogens with two attached hydrogens (primary N) is 1. The van der Waals surface area contributed by atoms with Crippen LogP contribution in [0.15, 0.2) is 35.2 Å². The fourth-order valence-corrected chi connectivity index (χ4v) is 4.70. The highest BCUT2D eigenvalue weighted by Crippen LogP contribution is 2.38. The van der Waals surface area contributed by atoms with Gasteiger partial charge in [0, 0.05) is 17.9 Å². The lowest BCUT2D eigenvalue weighted by molar-refractivity contribution is -0.139. The molecule has 2 aromatic carbocycles. The summed E-state index contributed by atoms with van der Waals surface area (Å²) in [4.78, 5) is 58.3. The van der Waals surface area contributed by atoms with Crippen LogP contribution in [0.2, 0.25) is 10.0 Å². The van der Waals surface area contributed by atoms with Gasteiger partial charge >= 0.3 is 17.9 Å². The molecule has 16 heteroatoms. The minimum absolute atomic E-state index is 0.179. The van der Waals surface area contributed by atoms with Crippen molar-refractivity contribution in [3.05, 3.63) is 45.9 Å². The van der Waals surface area contributed by atoms with Gasteiger partial charge in [0.1, 0.15) is 24.4 Å². The van der Waals surface area contributed by atoms with Crippen LogP contribution in [0.5, 0.6) is 5.75 Å². The number of anilines is 2. The molecule has 2 aromatic rings. The zero-order valence-corrected chi connectivity index (χ0v) is 23.0. The first-order valence-corrected chi connectivity index (χ1v) is 13.2. The van der Waals surface area contributed by atoms with Gasteiger partial charge in [0.2, 0.25) is 11.8 Å². The van der Waals surface area contributed by atoms with Gasteiger partial charge in [0.25, 0.3) is 0 Å². The molecule has 0 unspecified atom stereocenters. The predicted octanol–water partition coefficient (Wildman–Crippen LogP) is 2.04. The molecule has 0 saturated carbocycles. The summed E-state index contributed by atoms with van der Waals surface area (Å²) < 4.78 is 0. The van der Waals surface area contributed by atoms with Gasteiger partial charge in [-0.25, -0.2) is 0 Å². The fraction of sp³-hybridized carbons (Fsp3) is 0.292. The molecule has 0 aliphatic heterocycles. The normalized spacial score (nSPS) is 12.2. The third kappa shape index (κ3) is 10.1. The molecule has 9 N–H and O–H groups in total. The van der Waals surface area contributed by atoms with Gasteiger partial charge in [0.05, 0.1) is 27.0 Å². The van der Waals surface area contributed by atoms with Crippen molar-refractivity contribution in [1.82, 2.24) is 10.6 Å².